The van der Waals surface area contributed by atoms with Crippen molar-refractivity contribution in [1.82, 2.24) is 9.80 Å². The van der Waals surface area contributed by atoms with Crippen LogP contribution in [0, 0.1) is 11.8 Å². The highest BCUT2D eigenvalue weighted by Gasteiger charge is 2.31. The molecule has 0 spiro atoms. The van der Waals surface area contributed by atoms with Crippen molar-refractivity contribution in [3.8, 4) is 11.5 Å². The SMILES string of the molecule is COc1ccc(CN(C)C[C@H]2OCCCC[C@H](C)Oc3ccc(NC(=O)C4CCCCC4)cc3C(=O)N([C@@H](C)CO)C[C@@H]2C)cc1. The molecule has 2 amide bonds. The molecule has 1 fully saturated rings. The Balaban J connectivity index is 1.57. The summed E-state index contributed by atoms with van der Waals surface area (Å²) in [6.07, 6.45) is 7.56. The lowest BCUT2D eigenvalue weighted by Gasteiger charge is -2.36. The molecule has 1 aliphatic heterocycles. The molecular formula is C37H55N3O6. The van der Waals surface area contributed by atoms with E-state index in [0.717, 1.165) is 57.2 Å². The van der Waals surface area contributed by atoms with E-state index in [9.17, 15) is 14.7 Å². The molecule has 2 N–H and O–H groups in total. The molecule has 2 aromatic carbocycles. The third-order valence-electron chi connectivity index (χ3n) is 9.40. The first kappa shape index (κ1) is 35.7. The number of ether oxygens (including phenoxy) is 3. The maximum absolute atomic E-state index is 14.4. The number of nitrogens with zero attached hydrogens (tertiary/aromatic N) is 2. The number of aliphatic hydroxyl groups excluding tert-OH is 1. The van der Waals surface area contributed by atoms with Gasteiger partial charge in [0.15, 0.2) is 0 Å². The molecule has 0 aromatic heterocycles. The van der Waals surface area contributed by atoms with Crippen LogP contribution in [0.25, 0.3) is 0 Å². The molecule has 46 heavy (non-hydrogen) atoms. The number of methoxy groups -OCH3 is 1. The van der Waals surface area contributed by atoms with E-state index in [-0.39, 0.29) is 42.5 Å². The lowest BCUT2D eigenvalue weighted by atomic mass is 9.88. The number of benzene rings is 2. The summed E-state index contributed by atoms with van der Waals surface area (Å²) >= 11 is 0. The summed E-state index contributed by atoms with van der Waals surface area (Å²) in [6, 6.07) is 13.0. The molecule has 4 rings (SSSR count). The number of likely N-dealkylation sites (N-methyl/N-ethyl adjacent to an activating group) is 1. The predicted octanol–water partition coefficient (Wildman–Crippen LogP) is 6.14. The molecule has 254 valence electrons. The second-order valence-electron chi connectivity index (χ2n) is 13.4. The highest BCUT2D eigenvalue weighted by molar-refractivity contribution is 6.00. The van der Waals surface area contributed by atoms with Crippen molar-refractivity contribution in [1.29, 1.82) is 0 Å². The molecule has 1 aliphatic carbocycles. The van der Waals surface area contributed by atoms with Crippen molar-refractivity contribution in [2.45, 2.75) is 96.9 Å². The number of nitrogens with one attached hydrogen (secondary N) is 1. The molecule has 2 aromatic rings. The summed E-state index contributed by atoms with van der Waals surface area (Å²) < 4.78 is 18.2. The van der Waals surface area contributed by atoms with Gasteiger partial charge in [0, 0.05) is 43.8 Å². The average Bonchev–Trinajstić information content (AvgIpc) is 3.06. The second kappa shape index (κ2) is 17.7. The number of carbonyl (C=O) groups excluding carboxylic acids is 2. The quantitative estimate of drug-likeness (QED) is 0.341. The second-order valence-corrected chi connectivity index (χ2v) is 13.4. The van der Waals surface area contributed by atoms with Crippen LogP contribution < -0.4 is 14.8 Å². The van der Waals surface area contributed by atoms with Crippen molar-refractivity contribution in [3.63, 3.8) is 0 Å². The number of amides is 2. The highest BCUT2D eigenvalue weighted by Crippen LogP contribution is 2.30. The largest absolute Gasteiger partial charge is 0.497 e. The monoisotopic (exact) mass is 637 g/mol. The summed E-state index contributed by atoms with van der Waals surface area (Å²) in [5, 5.41) is 13.3. The topological polar surface area (TPSA) is 101 Å². The molecule has 0 radical (unpaired) electrons. The lowest BCUT2D eigenvalue weighted by Crippen LogP contribution is -2.47. The Bertz CT molecular complexity index is 1250. The average molecular weight is 638 g/mol. The molecule has 4 atom stereocenters. The van der Waals surface area contributed by atoms with E-state index in [0.29, 0.717) is 36.7 Å². The Morgan fingerprint density at radius 2 is 1.78 bits per heavy atom. The minimum atomic E-state index is -0.425. The van der Waals surface area contributed by atoms with Gasteiger partial charge < -0.3 is 29.5 Å². The van der Waals surface area contributed by atoms with Gasteiger partial charge in [-0.25, -0.2) is 0 Å². The van der Waals surface area contributed by atoms with Crippen molar-refractivity contribution in [2.75, 3.05) is 45.8 Å². The maximum atomic E-state index is 14.4. The Hall–Kier alpha value is -3.14. The van der Waals surface area contributed by atoms with Crippen molar-refractivity contribution in [2.24, 2.45) is 11.8 Å². The van der Waals surface area contributed by atoms with Gasteiger partial charge in [-0.05, 0) is 88.9 Å². The van der Waals surface area contributed by atoms with E-state index < -0.39 is 6.04 Å². The van der Waals surface area contributed by atoms with Gasteiger partial charge in [-0.1, -0.05) is 38.3 Å². The first-order chi connectivity index (χ1) is 22.2. The van der Waals surface area contributed by atoms with Gasteiger partial charge >= 0.3 is 0 Å². The number of aliphatic hydroxyl groups is 1. The van der Waals surface area contributed by atoms with Crippen molar-refractivity contribution >= 4 is 17.5 Å². The third kappa shape index (κ3) is 10.2. The number of carbonyl (C=O) groups is 2. The van der Waals surface area contributed by atoms with Crippen LogP contribution >= 0.6 is 0 Å². The first-order valence-electron chi connectivity index (χ1n) is 17.1. The Morgan fingerprint density at radius 1 is 1.07 bits per heavy atom. The minimum Gasteiger partial charge on any atom is -0.497 e. The van der Waals surface area contributed by atoms with E-state index in [1.807, 2.05) is 32.0 Å². The van der Waals surface area contributed by atoms with Crippen LogP contribution in [-0.2, 0) is 16.1 Å². The fourth-order valence-electron chi connectivity index (χ4n) is 6.49. The van der Waals surface area contributed by atoms with Crippen LogP contribution in [0.3, 0.4) is 0 Å². The molecule has 2 aliphatic rings. The zero-order chi connectivity index (χ0) is 33.1. The molecule has 0 saturated heterocycles. The number of anilines is 1. The van der Waals surface area contributed by atoms with E-state index in [2.05, 4.69) is 36.3 Å². The van der Waals surface area contributed by atoms with Crippen LogP contribution in [0.4, 0.5) is 5.69 Å². The molecule has 0 bridgehead atoms. The summed E-state index contributed by atoms with van der Waals surface area (Å²) in [5.41, 5.74) is 2.16. The van der Waals surface area contributed by atoms with E-state index >= 15 is 0 Å². The van der Waals surface area contributed by atoms with Gasteiger partial charge in [0.2, 0.25) is 5.91 Å². The van der Waals surface area contributed by atoms with E-state index in [4.69, 9.17) is 14.2 Å². The van der Waals surface area contributed by atoms with E-state index in [1.54, 1.807) is 24.1 Å². The maximum Gasteiger partial charge on any atom is 0.258 e. The zero-order valence-corrected chi connectivity index (χ0v) is 28.5. The Morgan fingerprint density at radius 3 is 2.48 bits per heavy atom. The van der Waals surface area contributed by atoms with Crippen LogP contribution in [0.1, 0.15) is 88.1 Å². The van der Waals surface area contributed by atoms with Gasteiger partial charge in [0.25, 0.3) is 5.91 Å². The van der Waals surface area contributed by atoms with E-state index in [1.165, 1.54) is 12.0 Å². The van der Waals surface area contributed by atoms with Gasteiger partial charge in [-0.15, -0.1) is 0 Å². The zero-order valence-electron chi connectivity index (χ0n) is 28.5. The van der Waals surface area contributed by atoms with Crippen LogP contribution in [-0.4, -0.2) is 85.4 Å². The normalized spacial score (nSPS) is 22.8. The van der Waals surface area contributed by atoms with Crippen LogP contribution in [0.5, 0.6) is 11.5 Å². The lowest BCUT2D eigenvalue weighted by molar-refractivity contribution is -0.120. The molecule has 1 heterocycles. The summed E-state index contributed by atoms with van der Waals surface area (Å²) in [5.74, 6) is 1.09. The van der Waals surface area contributed by atoms with Crippen LogP contribution in [0.2, 0.25) is 0 Å². The summed E-state index contributed by atoms with van der Waals surface area (Å²) in [6.45, 7) is 8.29. The Kier molecular flexibility index (Phi) is 13.7. The summed E-state index contributed by atoms with van der Waals surface area (Å²) in [4.78, 5) is 31.4. The molecule has 9 heteroatoms. The van der Waals surface area contributed by atoms with Crippen molar-refractivity contribution in [3.05, 3.63) is 53.6 Å². The van der Waals surface area contributed by atoms with Gasteiger partial charge in [-0.2, -0.15) is 0 Å². The van der Waals surface area contributed by atoms with Gasteiger partial charge in [0.05, 0.1) is 37.5 Å². The van der Waals surface area contributed by atoms with Crippen LogP contribution in [0.15, 0.2) is 42.5 Å². The molecule has 0 unspecified atom stereocenters. The standard InChI is InChI=1S/C37H55N3O6/c1-26-22-40(27(2)25-41)37(43)33-21-31(38-36(42)30-12-7-6-8-13-30)16-19-34(33)46-28(3)11-9-10-20-45-35(26)24-39(4)23-29-14-17-32(44-5)18-15-29/h14-19,21,26-28,30,35,41H,6-13,20,22-25H2,1-5H3,(H,38,42)/t26-,27-,28-,35+/m0/s1. The highest BCUT2D eigenvalue weighted by atomic mass is 16.5. The minimum absolute atomic E-state index is 0.000868. The number of rotatable bonds is 9. The Labute approximate surface area is 275 Å². The predicted molar refractivity (Wildman–Crippen MR) is 181 cm³/mol. The molecule has 1 saturated carbocycles. The first-order valence-corrected chi connectivity index (χ1v) is 17.1. The number of hydrogen-bond acceptors (Lipinski definition) is 7. The number of fused-ring (bicyclic) bond motifs is 1. The molecular weight excluding hydrogens is 582 g/mol. The smallest absolute Gasteiger partial charge is 0.258 e. The number of hydrogen-bond donors (Lipinski definition) is 2. The van der Waals surface area contributed by atoms with Crippen molar-refractivity contribution < 1.29 is 28.9 Å². The van der Waals surface area contributed by atoms with Gasteiger partial charge in [0.1, 0.15) is 11.5 Å². The fraction of sp³-hybridized carbons (Fsp3) is 0.622. The van der Waals surface area contributed by atoms with Gasteiger partial charge in [-0.3, -0.25) is 14.5 Å². The molecule has 9 nitrogen and oxygen atoms in total. The summed E-state index contributed by atoms with van der Waals surface area (Å²) in [7, 11) is 3.75. The fourth-order valence-corrected chi connectivity index (χ4v) is 6.49. The third-order valence-corrected chi connectivity index (χ3v) is 9.40.